The summed E-state index contributed by atoms with van der Waals surface area (Å²) >= 11 is 0. The van der Waals surface area contributed by atoms with Crippen LogP contribution in [0.2, 0.25) is 0 Å². The molecular formula is C10H17NO2. The van der Waals surface area contributed by atoms with Gasteiger partial charge in [-0.2, -0.15) is 0 Å². The van der Waals surface area contributed by atoms with Gasteiger partial charge in [-0.15, -0.1) is 0 Å². The third-order valence-corrected chi connectivity index (χ3v) is 2.19. The summed E-state index contributed by atoms with van der Waals surface area (Å²) in [5.74, 6) is 0. The molecule has 0 radical (unpaired) electrons. The molecule has 0 aromatic carbocycles. The van der Waals surface area contributed by atoms with Crippen LogP contribution in [0.5, 0.6) is 0 Å². The van der Waals surface area contributed by atoms with Gasteiger partial charge in [0.15, 0.2) is 0 Å². The second-order valence-electron chi connectivity index (χ2n) is 3.31. The minimum Gasteiger partial charge on any atom is -0.446 e. The summed E-state index contributed by atoms with van der Waals surface area (Å²) in [7, 11) is 0. The standard InChI is InChI=1S/C10H17NO2/c1-3-9(2)13-10(12)11-7-5-4-6-8-11/h4-5,9H,3,6-8H2,1-2H3. The largest absolute Gasteiger partial charge is 0.446 e. The Bertz CT molecular complexity index is 201. The zero-order valence-corrected chi connectivity index (χ0v) is 8.32. The van der Waals surface area contributed by atoms with Crippen LogP contribution in [-0.2, 0) is 4.74 Å². The molecule has 0 fully saturated rings. The maximum Gasteiger partial charge on any atom is 0.410 e. The summed E-state index contributed by atoms with van der Waals surface area (Å²) in [6.07, 6.45) is 5.75. The molecule has 13 heavy (non-hydrogen) atoms. The molecule has 1 atom stereocenters. The van der Waals surface area contributed by atoms with Gasteiger partial charge in [-0.1, -0.05) is 19.1 Å². The van der Waals surface area contributed by atoms with Gasteiger partial charge in [-0.25, -0.2) is 4.79 Å². The van der Waals surface area contributed by atoms with Gasteiger partial charge in [0, 0.05) is 13.1 Å². The van der Waals surface area contributed by atoms with Gasteiger partial charge in [0.25, 0.3) is 0 Å². The molecule has 3 nitrogen and oxygen atoms in total. The van der Waals surface area contributed by atoms with Crippen molar-refractivity contribution in [3.63, 3.8) is 0 Å². The molecule has 74 valence electrons. The van der Waals surface area contributed by atoms with Gasteiger partial charge in [0.05, 0.1) is 0 Å². The summed E-state index contributed by atoms with van der Waals surface area (Å²) in [6, 6.07) is 0. The van der Waals surface area contributed by atoms with E-state index in [2.05, 4.69) is 6.08 Å². The van der Waals surface area contributed by atoms with Crippen molar-refractivity contribution in [1.82, 2.24) is 4.90 Å². The van der Waals surface area contributed by atoms with E-state index in [4.69, 9.17) is 4.74 Å². The van der Waals surface area contributed by atoms with Crippen LogP contribution in [0, 0.1) is 0 Å². The van der Waals surface area contributed by atoms with E-state index in [0.29, 0.717) is 6.54 Å². The number of carbonyl (C=O) groups excluding carboxylic acids is 1. The van der Waals surface area contributed by atoms with Crippen LogP contribution in [0.3, 0.4) is 0 Å². The molecule has 0 bridgehead atoms. The molecule has 3 heteroatoms. The average molecular weight is 183 g/mol. The van der Waals surface area contributed by atoms with Crippen molar-refractivity contribution >= 4 is 6.09 Å². The third-order valence-electron chi connectivity index (χ3n) is 2.19. The van der Waals surface area contributed by atoms with Crippen LogP contribution in [0.1, 0.15) is 26.7 Å². The topological polar surface area (TPSA) is 29.5 Å². The normalized spacial score (nSPS) is 18.5. The number of hydrogen-bond acceptors (Lipinski definition) is 2. The van der Waals surface area contributed by atoms with Gasteiger partial charge in [0.1, 0.15) is 6.10 Å². The highest BCUT2D eigenvalue weighted by molar-refractivity contribution is 5.68. The molecule has 0 spiro atoms. The van der Waals surface area contributed by atoms with E-state index >= 15 is 0 Å². The van der Waals surface area contributed by atoms with Crippen molar-refractivity contribution in [3.05, 3.63) is 12.2 Å². The molecule has 1 amide bonds. The summed E-state index contributed by atoms with van der Waals surface area (Å²) in [5.41, 5.74) is 0. The first kappa shape index (κ1) is 10.1. The van der Waals surface area contributed by atoms with Crippen molar-refractivity contribution < 1.29 is 9.53 Å². The summed E-state index contributed by atoms with van der Waals surface area (Å²) in [4.78, 5) is 13.2. The molecule has 1 heterocycles. The number of hydrogen-bond donors (Lipinski definition) is 0. The molecular weight excluding hydrogens is 166 g/mol. The van der Waals surface area contributed by atoms with E-state index in [9.17, 15) is 4.79 Å². The lowest BCUT2D eigenvalue weighted by molar-refractivity contribution is 0.0710. The Hall–Kier alpha value is -0.990. The first-order valence-corrected chi connectivity index (χ1v) is 4.84. The zero-order valence-electron chi connectivity index (χ0n) is 8.32. The molecule has 0 aliphatic carbocycles. The monoisotopic (exact) mass is 183 g/mol. The Morgan fingerprint density at radius 3 is 2.92 bits per heavy atom. The second-order valence-corrected chi connectivity index (χ2v) is 3.31. The highest BCUT2D eigenvalue weighted by atomic mass is 16.6. The lowest BCUT2D eigenvalue weighted by Gasteiger charge is -2.24. The van der Waals surface area contributed by atoms with Gasteiger partial charge in [-0.05, 0) is 19.8 Å². The molecule has 0 saturated heterocycles. The quantitative estimate of drug-likeness (QED) is 0.614. The lowest BCUT2D eigenvalue weighted by atomic mass is 10.3. The van der Waals surface area contributed by atoms with E-state index < -0.39 is 0 Å². The van der Waals surface area contributed by atoms with Crippen molar-refractivity contribution in [2.75, 3.05) is 13.1 Å². The molecule has 1 rings (SSSR count). The van der Waals surface area contributed by atoms with Crippen LogP contribution in [0.25, 0.3) is 0 Å². The highest BCUT2D eigenvalue weighted by Gasteiger charge is 2.16. The predicted molar refractivity (Wildman–Crippen MR) is 51.6 cm³/mol. The van der Waals surface area contributed by atoms with Crippen LogP contribution in [0.15, 0.2) is 12.2 Å². The molecule has 0 aromatic heterocycles. The summed E-state index contributed by atoms with van der Waals surface area (Å²) < 4.78 is 5.19. The number of nitrogens with zero attached hydrogens (tertiary/aromatic N) is 1. The maximum absolute atomic E-state index is 11.4. The highest BCUT2D eigenvalue weighted by Crippen LogP contribution is 2.06. The predicted octanol–water partition coefficient (Wildman–Crippen LogP) is 2.18. The molecule has 1 aliphatic rings. The average Bonchev–Trinajstić information content (AvgIpc) is 2.19. The Kier molecular flexibility index (Phi) is 3.80. The van der Waals surface area contributed by atoms with E-state index in [-0.39, 0.29) is 12.2 Å². The first-order valence-electron chi connectivity index (χ1n) is 4.84. The van der Waals surface area contributed by atoms with E-state index in [1.54, 1.807) is 4.90 Å². The molecule has 0 N–H and O–H groups in total. The van der Waals surface area contributed by atoms with Crippen molar-refractivity contribution in [2.45, 2.75) is 32.8 Å². The Morgan fingerprint density at radius 1 is 1.62 bits per heavy atom. The first-order chi connectivity index (χ1) is 6.24. The van der Waals surface area contributed by atoms with Crippen LogP contribution < -0.4 is 0 Å². The second kappa shape index (κ2) is 4.90. The van der Waals surface area contributed by atoms with E-state index in [0.717, 1.165) is 19.4 Å². The number of ether oxygens (including phenoxy) is 1. The Balaban J connectivity index is 2.34. The fraction of sp³-hybridized carbons (Fsp3) is 0.700. The molecule has 0 saturated carbocycles. The van der Waals surface area contributed by atoms with E-state index in [1.165, 1.54) is 0 Å². The number of amides is 1. The number of rotatable bonds is 2. The third kappa shape index (κ3) is 3.09. The maximum atomic E-state index is 11.4. The zero-order chi connectivity index (χ0) is 9.68. The Morgan fingerprint density at radius 2 is 2.38 bits per heavy atom. The van der Waals surface area contributed by atoms with Crippen LogP contribution in [-0.4, -0.2) is 30.2 Å². The molecule has 1 aliphatic heterocycles. The van der Waals surface area contributed by atoms with E-state index in [1.807, 2.05) is 19.9 Å². The molecule has 1 unspecified atom stereocenters. The van der Waals surface area contributed by atoms with Gasteiger partial charge in [-0.3, -0.25) is 0 Å². The van der Waals surface area contributed by atoms with Crippen LogP contribution in [0.4, 0.5) is 4.79 Å². The van der Waals surface area contributed by atoms with Crippen LogP contribution >= 0.6 is 0 Å². The van der Waals surface area contributed by atoms with Gasteiger partial charge in [0.2, 0.25) is 0 Å². The minimum atomic E-state index is -0.182. The minimum absolute atomic E-state index is 0.0263. The van der Waals surface area contributed by atoms with Crippen molar-refractivity contribution in [1.29, 1.82) is 0 Å². The lowest BCUT2D eigenvalue weighted by Crippen LogP contribution is -2.35. The summed E-state index contributed by atoms with van der Waals surface area (Å²) in [6.45, 7) is 5.40. The fourth-order valence-corrected chi connectivity index (χ4v) is 1.14. The van der Waals surface area contributed by atoms with Gasteiger partial charge < -0.3 is 9.64 Å². The Labute approximate surface area is 79.4 Å². The molecule has 0 aromatic rings. The summed E-state index contributed by atoms with van der Waals surface area (Å²) in [5, 5.41) is 0. The fourth-order valence-electron chi connectivity index (χ4n) is 1.14. The number of carbonyl (C=O) groups is 1. The smallest absolute Gasteiger partial charge is 0.410 e. The SMILES string of the molecule is CCC(C)OC(=O)N1CC=CCC1. The van der Waals surface area contributed by atoms with Crippen molar-refractivity contribution in [2.24, 2.45) is 0 Å². The van der Waals surface area contributed by atoms with Gasteiger partial charge >= 0.3 is 6.09 Å². The van der Waals surface area contributed by atoms with Crippen molar-refractivity contribution in [3.8, 4) is 0 Å².